The number of pyridine rings is 1. The molecular weight excluding hydrogens is 286 g/mol. The second-order valence-corrected chi connectivity index (χ2v) is 5.09. The lowest BCUT2D eigenvalue weighted by Gasteiger charge is -2.22. The van der Waals surface area contributed by atoms with Gasteiger partial charge in [0.1, 0.15) is 11.0 Å². The second kappa shape index (κ2) is 6.59. The van der Waals surface area contributed by atoms with Crippen LogP contribution in [0.25, 0.3) is 0 Å². The average molecular weight is 304 g/mol. The van der Waals surface area contributed by atoms with Crippen LogP contribution >= 0.6 is 11.6 Å². The molecule has 110 valence electrons. The highest BCUT2D eigenvalue weighted by atomic mass is 35.5. The summed E-state index contributed by atoms with van der Waals surface area (Å²) in [5.74, 6) is 0.482. The molecule has 0 fully saturated rings. The van der Waals surface area contributed by atoms with E-state index >= 15 is 0 Å². The molecule has 0 saturated heterocycles. The summed E-state index contributed by atoms with van der Waals surface area (Å²) in [6.45, 7) is 4.53. The molecule has 0 unspecified atom stereocenters. The summed E-state index contributed by atoms with van der Waals surface area (Å²) in [4.78, 5) is 18.5. The Morgan fingerprint density at radius 1 is 1.33 bits per heavy atom. The van der Waals surface area contributed by atoms with Crippen molar-refractivity contribution >= 4 is 29.0 Å². The Morgan fingerprint density at radius 3 is 2.71 bits per heavy atom. The molecule has 0 saturated carbocycles. The van der Waals surface area contributed by atoms with Crippen molar-refractivity contribution in [1.29, 1.82) is 0 Å². The van der Waals surface area contributed by atoms with Crippen LogP contribution in [-0.4, -0.2) is 24.5 Å². The average Bonchev–Trinajstić information content (AvgIpc) is 2.47. The summed E-state index contributed by atoms with van der Waals surface area (Å²) in [5.41, 5.74) is 2.51. The van der Waals surface area contributed by atoms with Crippen LogP contribution in [0, 0.1) is 6.92 Å². The lowest BCUT2D eigenvalue weighted by atomic mass is 10.1. The molecule has 1 aromatic heterocycles. The number of benzene rings is 1. The van der Waals surface area contributed by atoms with Gasteiger partial charge in [0.25, 0.3) is 5.91 Å². The van der Waals surface area contributed by atoms with E-state index in [9.17, 15) is 4.79 Å². The molecule has 1 amide bonds. The van der Waals surface area contributed by atoms with Crippen molar-refractivity contribution in [2.45, 2.75) is 13.8 Å². The smallest absolute Gasteiger partial charge is 0.258 e. The fraction of sp³-hybridized carbons (Fsp3) is 0.250. The van der Waals surface area contributed by atoms with E-state index in [2.05, 4.69) is 10.3 Å². The normalized spacial score (nSPS) is 10.3. The molecule has 0 aliphatic carbocycles. The first kappa shape index (κ1) is 15.3. The number of aryl methyl sites for hydroxylation is 1. The Bertz CT molecular complexity index is 658. The van der Waals surface area contributed by atoms with Gasteiger partial charge in [-0.05, 0) is 43.7 Å². The van der Waals surface area contributed by atoms with Gasteiger partial charge in [0.15, 0.2) is 0 Å². The molecule has 2 rings (SSSR count). The van der Waals surface area contributed by atoms with Crippen molar-refractivity contribution in [3.05, 3.63) is 52.7 Å². The van der Waals surface area contributed by atoms with Crippen LogP contribution in [-0.2, 0) is 0 Å². The molecule has 0 radical (unpaired) electrons. The number of nitrogens with zero attached hydrogens (tertiary/aromatic N) is 2. The lowest BCUT2D eigenvalue weighted by molar-refractivity contribution is 0.0988. The zero-order valence-electron chi connectivity index (χ0n) is 12.4. The van der Waals surface area contributed by atoms with Crippen molar-refractivity contribution in [1.82, 2.24) is 4.98 Å². The number of carbonyl (C=O) groups excluding carboxylic acids is 1. The number of amides is 1. The van der Waals surface area contributed by atoms with Gasteiger partial charge in [0, 0.05) is 24.8 Å². The fourth-order valence-corrected chi connectivity index (χ4v) is 2.35. The number of rotatable bonds is 4. The summed E-state index contributed by atoms with van der Waals surface area (Å²) in [5, 5.41) is 3.20. The summed E-state index contributed by atoms with van der Waals surface area (Å²) >= 11 is 5.97. The van der Waals surface area contributed by atoms with Crippen LogP contribution in [0.2, 0.25) is 5.15 Å². The van der Waals surface area contributed by atoms with Crippen molar-refractivity contribution < 1.29 is 4.79 Å². The van der Waals surface area contributed by atoms with Crippen molar-refractivity contribution in [2.75, 3.05) is 23.8 Å². The number of hydrogen-bond donors (Lipinski definition) is 1. The zero-order chi connectivity index (χ0) is 15.4. The largest absolute Gasteiger partial charge is 0.373 e. The topological polar surface area (TPSA) is 45.2 Å². The fourth-order valence-electron chi connectivity index (χ4n) is 2.14. The molecule has 0 aliphatic rings. The lowest BCUT2D eigenvalue weighted by Crippen LogP contribution is -2.30. The van der Waals surface area contributed by atoms with Gasteiger partial charge in [0.05, 0.1) is 0 Å². The van der Waals surface area contributed by atoms with Crippen LogP contribution in [0.3, 0.4) is 0 Å². The highest BCUT2D eigenvalue weighted by molar-refractivity contribution is 6.30. The Kier molecular flexibility index (Phi) is 4.81. The third kappa shape index (κ3) is 3.52. The SMILES string of the molecule is CCN(C(=O)c1cc(Cl)nc(NC)c1)c1cccc(C)c1. The van der Waals surface area contributed by atoms with Gasteiger partial charge < -0.3 is 10.2 Å². The minimum Gasteiger partial charge on any atom is -0.373 e. The number of hydrogen-bond acceptors (Lipinski definition) is 3. The van der Waals surface area contributed by atoms with Gasteiger partial charge in [-0.2, -0.15) is 0 Å². The van der Waals surface area contributed by atoms with Crippen LogP contribution in [0.1, 0.15) is 22.8 Å². The minimum absolute atomic E-state index is 0.0936. The van der Waals surface area contributed by atoms with E-state index in [0.717, 1.165) is 11.3 Å². The molecule has 0 atom stereocenters. The molecule has 0 bridgehead atoms. The highest BCUT2D eigenvalue weighted by Crippen LogP contribution is 2.21. The molecule has 21 heavy (non-hydrogen) atoms. The molecule has 4 nitrogen and oxygen atoms in total. The van der Waals surface area contributed by atoms with Gasteiger partial charge in [-0.1, -0.05) is 23.7 Å². The molecule has 1 heterocycles. The first-order valence-electron chi connectivity index (χ1n) is 6.79. The first-order valence-corrected chi connectivity index (χ1v) is 7.16. The Balaban J connectivity index is 2.39. The predicted molar refractivity (Wildman–Crippen MR) is 87.3 cm³/mol. The molecule has 0 spiro atoms. The van der Waals surface area contributed by atoms with E-state index in [0.29, 0.717) is 23.1 Å². The van der Waals surface area contributed by atoms with Gasteiger partial charge in [-0.3, -0.25) is 4.79 Å². The van der Waals surface area contributed by atoms with Gasteiger partial charge in [-0.25, -0.2) is 4.98 Å². The monoisotopic (exact) mass is 303 g/mol. The van der Waals surface area contributed by atoms with Crippen LogP contribution < -0.4 is 10.2 Å². The Hall–Kier alpha value is -2.07. The summed E-state index contributed by atoms with van der Waals surface area (Å²) in [6, 6.07) is 11.2. The molecule has 1 aromatic carbocycles. The second-order valence-electron chi connectivity index (χ2n) is 4.70. The van der Waals surface area contributed by atoms with E-state index < -0.39 is 0 Å². The molecule has 2 aromatic rings. The van der Waals surface area contributed by atoms with E-state index in [1.54, 1.807) is 24.1 Å². The minimum atomic E-state index is -0.0936. The molecule has 1 N–H and O–H groups in total. The van der Waals surface area contributed by atoms with Crippen LogP contribution in [0.5, 0.6) is 0 Å². The zero-order valence-corrected chi connectivity index (χ0v) is 13.1. The standard InChI is InChI=1S/C16H18ClN3O/c1-4-20(13-7-5-6-11(2)8-13)16(21)12-9-14(17)19-15(10-12)18-3/h5-10H,4H2,1-3H3,(H,18,19). The van der Waals surface area contributed by atoms with Crippen molar-refractivity contribution in [2.24, 2.45) is 0 Å². The third-order valence-corrected chi connectivity index (χ3v) is 3.37. The Morgan fingerprint density at radius 2 is 2.10 bits per heavy atom. The molecular formula is C16H18ClN3O. The van der Waals surface area contributed by atoms with E-state index in [-0.39, 0.29) is 5.91 Å². The molecule has 0 aliphatic heterocycles. The maximum absolute atomic E-state index is 12.7. The van der Waals surface area contributed by atoms with Gasteiger partial charge in [0.2, 0.25) is 0 Å². The van der Waals surface area contributed by atoms with E-state index in [1.807, 2.05) is 38.1 Å². The third-order valence-electron chi connectivity index (χ3n) is 3.17. The maximum Gasteiger partial charge on any atom is 0.258 e. The first-order chi connectivity index (χ1) is 10.0. The number of anilines is 2. The van der Waals surface area contributed by atoms with E-state index in [1.165, 1.54) is 0 Å². The predicted octanol–water partition coefficient (Wildman–Crippen LogP) is 3.75. The quantitative estimate of drug-likeness (QED) is 0.875. The summed E-state index contributed by atoms with van der Waals surface area (Å²) in [7, 11) is 1.74. The number of carbonyl (C=O) groups is 1. The summed E-state index contributed by atoms with van der Waals surface area (Å²) < 4.78 is 0. The number of nitrogens with one attached hydrogen (secondary N) is 1. The molecule has 5 heteroatoms. The van der Waals surface area contributed by atoms with Gasteiger partial charge >= 0.3 is 0 Å². The summed E-state index contributed by atoms with van der Waals surface area (Å²) in [6.07, 6.45) is 0. The number of aromatic nitrogens is 1. The van der Waals surface area contributed by atoms with Crippen LogP contribution in [0.4, 0.5) is 11.5 Å². The maximum atomic E-state index is 12.7. The highest BCUT2D eigenvalue weighted by Gasteiger charge is 2.17. The van der Waals surface area contributed by atoms with E-state index in [4.69, 9.17) is 11.6 Å². The van der Waals surface area contributed by atoms with Crippen LogP contribution in [0.15, 0.2) is 36.4 Å². The van der Waals surface area contributed by atoms with Crippen molar-refractivity contribution in [3.8, 4) is 0 Å². The van der Waals surface area contributed by atoms with Gasteiger partial charge in [-0.15, -0.1) is 0 Å². The van der Waals surface area contributed by atoms with Crippen molar-refractivity contribution in [3.63, 3.8) is 0 Å². The number of halogens is 1. The Labute approximate surface area is 129 Å².